The highest BCUT2D eigenvalue weighted by Gasteiger charge is 2.17. The van der Waals surface area contributed by atoms with Crippen LogP contribution in [0.5, 0.6) is 5.75 Å². The second-order valence-electron chi connectivity index (χ2n) is 6.74. The lowest BCUT2D eigenvalue weighted by Gasteiger charge is -2.12. The van der Waals surface area contributed by atoms with Gasteiger partial charge in [0, 0.05) is 15.4 Å². The molecule has 1 aromatic heterocycles. The average molecular weight is 432 g/mol. The topological polar surface area (TPSA) is 39.2 Å². The van der Waals surface area contributed by atoms with Crippen LogP contribution >= 0.6 is 15.9 Å². The van der Waals surface area contributed by atoms with Crippen LogP contribution in [-0.2, 0) is 0 Å². The summed E-state index contributed by atoms with van der Waals surface area (Å²) in [5.74, 6) is 0.181. The van der Waals surface area contributed by atoms with Crippen molar-refractivity contribution in [2.75, 3.05) is 0 Å². The lowest BCUT2D eigenvalue weighted by molar-refractivity contribution is 0.0735. The highest BCUT2D eigenvalue weighted by molar-refractivity contribution is 9.10. The summed E-state index contributed by atoms with van der Waals surface area (Å²) in [5.41, 5.74) is 4.93. The Morgan fingerprint density at radius 2 is 1.68 bits per heavy atom. The first-order chi connectivity index (χ1) is 13.5. The first-order valence-electron chi connectivity index (χ1n) is 8.96. The molecule has 4 rings (SSSR count). The molecule has 138 valence electrons. The Hall–Kier alpha value is -2.98. The second kappa shape index (κ2) is 7.56. The number of ether oxygens (including phenoxy) is 1. The van der Waals surface area contributed by atoms with Crippen molar-refractivity contribution in [1.29, 1.82) is 0 Å². The van der Waals surface area contributed by atoms with Crippen molar-refractivity contribution in [3.8, 4) is 17.0 Å². The summed E-state index contributed by atoms with van der Waals surface area (Å²) in [6, 6.07) is 23.1. The molecule has 4 aromatic rings. The zero-order valence-electron chi connectivity index (χ0n) is 15.6. The Kier molecular flexibility index (Phi) is 4.97. The van der Waals surface area contributed by atoms with Gasteiger partial charge in [-0.05, 0) is 55.8 Å². The van der Waals surface area contributed by atoms with Crippen molar-refractivity contribution in [3.63, 3.8) is 0 Å². The van der Waals surface area contributed by atoms with E-state index in [0.29, 0.717) is 11.3 Å². The average Bonchev–Trinajstić information content (AvgIpc) is 2.69. The minimum absolute atomic E-state index is 0.384. The molecule has 4 heteroatoms. The van der Waals surface area contributed by atoms with Gasteiger partial charge in [-0.25, -0.2) is 9.78 Å². The summed E-state index contributed by atoms with van der Waals surface area (Å²) < 4.78 is 6.71. The van der Waals surface area contributed by atoms with Crippen LogP contribution in [0.4, 0.5) is 0 Å². The molecule has 0 aliphatic rings. The van der Waals surface area contributed by atoms with E-state index in [1.54, 1.807) is 6.07 Å². The fourth-order valence-corrected chi connectivity index (χ4v) is 3.37. The summed E-state index contributed by atoms with van der Waals surface area (Å²) in [5, 5.41) is 0.791. The third kappa shape index (κ3) is 3.69. The summed E-state index contributed by atoms with van der Waals surface area (Å²) >= 11 is 3.45. The molecule has 0 N–H and O–H groups in total. The van der Waals surface area contributed by atoms with Crippen molar-refractivity contribution < 1.29 is 9.53 Å². The van der Waals surface area contributed by atoms with Gasteiger partial charge in [-0.2, -0.15) is 0 Å². The maximum absolute atomic E-state index is 13.1. The summed E-state index contributed by atoms with van der Waals surface area (Å²) in [6.45, 7) is 3.92. The molecule has 3 aromatic carbocycles. The Morgan fingerprint density at radius 1 is 0.929 bits per heavy atom. The second-order valence-corrected chi connectivity index (χ2v) is 7.65. The van der Waals surface area contributed by atoms with E-state index >= 15 is 0 Å². The largest absolute Gasteiger partial charge is 0.423 e. The van der Waals surface area contributed by atoms with Crippen LogP contribution in [0.3, 0.4) is 0 Å². The lowest BCUT2D eigenvalue weighted by Crippen LogP contribution is -2.11. The Morgan fingerprint density at radius 3 is 2.43 bits per heavy atom. The van der Waals surface area contributed by atoms with Crippen LogP contribution in [0.2, 0.25) is 0 Å². The van der Waals surface area contributed by atoms with Crippen LogP contribution in [0.1, 0.15) is 21.5 Å². The minimum atomic E-state index is -0.384. The Labute approximate surface area is 172 Å². The van der Waals surface area contributed by atoms with Gasteiger partial charge in [0.1, 0.15) is 5.75 Å². The van der Waals surface area contributed by atoms with Crippen LogP contribution < -0.4 is 4.74 Å². The molecule has 28 heavy (non-hydrogen) atoms. The lowest BCUT2D eigenvalue weighted by atomic mass is 10.0. The molecular weight excluding hydrogens is 414 g/mol. The maximum atomic E-state index is 13.1. The van der Waals surface area contributed by atoms with Gasteiger partial charge in [-0.3, -0.25) is 0 Å². The van der Waals surface area contributed by atoms with Gasteiger partial charge < -0.3 is 4.74 Å². The monoisotopic (exact) mass is 431 g/mol. The number of pyridine rings is 1. The number of hydrogen-bond donors (Lipinski definition) is 0. The number of nitrogens with zero attached hydrogens (tertiary/aromatic N) is 1. The van der Waals surface area contributed by atoms with E-state index in [2.05, 4.69) is 15.9 Å². The van der Waals surface area contributed by atoms with E-state index < -0.39 is 0 Å². The zero-order valence-corrected chi connectivity index (χ0v) is 17.2. The quantitative estimate of drug-likeness (QED) is 0.274. The van der Waals surface area contributed by atoms with Crippen LogP contribution in [0, 0.1) is 13.8 Å². The highest BCUT2D eigenvalue weighted by Crippen LogP contribution is 2.28. The first-order valence-corrected chi connectivity index (χ1v) is 9.76. The Bertz CT molecular complexity index is 1180. The summed E-state index contributed by atoms with van der Waals surface area (Å²) in [6.07, 6.45) is 0. The first kappa shape index (κ1) is 18.4. The van der Waals surface area contributed by atoms with Crippen LogP contribution in [0.25, 0.3) is 22.2 Å². The van der Waals surface area contributed by atoms with Gasteiger partial charge in [0.2, 0.25) is 0 Å². The molecule has 0 saturated carbocycles. The van der Waals surface area contributed by atoms with Gasteiger partial charge in [0.05, 0.1) is 16.8 Å². The number of fused-ring (bicyclic) bond motifs is 1. The van der Waals surface area contributed by atoms with Crippen molar-refractivity contribution in [2.45, 2.75) is 13.8 Å². The maximum Gasteiger partial charge on any atom is 0.344 e. The number of benzene rings is 3. The van der Waals surface area contributed by atoms with Gasteiger partial charge in [0.15, 0.2) is 0 Å². The molecule has 0 fully saturated rings. The smallest absolute Gasteiger partial charge is 0.344 e. The molecule has 0 aliphatic heterocycles. The van der Waals surface area contributed by atoms with Crippen LogP contribution in [-0.4, -0.2) is 11.0 Å². The van der Waals surface area contributed by atoms with Gasteiger partial charge in [-0.1, -0.05) is 57.9 Å². The number of aryl methyl sites for hydroxylation is 2. The van der Waals surface area contributed by atoms with Gasteiger partial charge >= 0.3 is 5.97 Å². The van der Waals surface area contributed by atoms with E-state index in [9.17, 15) is 4.79 Å². The van der Waals surface area contributed by atoms with Crippen molar-refractivity contribution in [3.05, 3.63) is 94.0 Å². The van der Waals surface area contributed by atoms with E-state index in [4.69, 9.17) is 9.72 Å². The van der Waals surface area contributed by atoms with Crippen molar-refractivity contribution >= 4 is 32.8 Å². The zero-order chi connectivity index (χ0) is 19.7. The normalized spacial score (nSPS) is 10.8. The minimum Gasteiger partial charge on any atom is -0.423 e. The van der Waals surface area contributed by atoms with E-state index in [-0.39, 0.29) is 5.97 Å². The van der Waals surface area contributed by atoms with E-state index in [1.807, 2.05) is 80.6 Å². The number of esters is 1. The SMILES string of the molecule is Cc1ccc2nc(-c3ccc(Br)cc3)cc(C(=O)Oc3ccccc3C)c2c1. The third-order valence-corrected chi connectivity index (χ3v) is 5.15. The molecule has 0 atom stereocenters. The molecule has 0 bridgehead atoms. The van der Waals surface area contributed by atoms with Gasteiger partial charge in [-0.15, -0.1) is 0 Å². The third-order valence-electron chi connectivity index (χ3n) is 4.62. The molecule has 0 radical (unpaired) electrons. The standard InChI is InChI=1S/C24H18BrNO2/c1-15-7-12-21-19(13-15)20(24(27)28-23-6-4-3-5-16(23)2)14-22(26-21)17-8-10-18(25)11-9-17/h3-14H,1-2H3. The molecule has 3 nitrogen and oxygen atoms in total. The number of hydrogen-bond acceptors (Lipinski definition) is 3. The summed E-state index contributed by atoms with van der Waals surface area (Å²) in [7, 11) is 0. The molecule has 0 spiro atoms. The van der Waals surface area contributed by atoms with E-state index in [0.717, 1.165) is 37.8 Å². The van der Waals surface area contributed by atoms with E-state index in [1.165, 1.54) is 0 Å². The highest BCUT2D eigenvalue weighted by atomic mass is 79.9. The number of aromatic nitrogens is 1. The molecule has 0 amide bonds. The number of carbonyl (C=O) groups is 1. The number of carbonyl (C=O) groups excluding carboxylic acids is 1. The Balaban J connectivity index is 1.85. The predicted octanol–water partition coefficient (Wildman–Crippen LogP) is 6.50. The molecule has 1 heterocycles. The number of halogens is 1. The molecule has 0 unspecified atom stereocenters. The fraction of sp³-hybridized carbons (Fsp3) is 0.0833. The predicted molar refractivity (Wildman–Crippen MR) is 116 cm³/mol. The van der Waals surface area contributed by atoms with Crippen LogP contribution in [0.15, 0.2) is 77.3 Å². The fourth-order valence-electron chi connectivity index (χ4n) is 3.10. The summed E-state index contributed by atoms with van der Waals surface area (Å²) in [4.78, 5) is 17.8. The molecule has 0 saturated heterocycles. The van der Waals surface area contributed by atoms with Crippen molar-refractivity contribution in [2.24, 2.45) is 0 Å². The molecular formula is C24H18BrNO2. The number of rotatable bonds is 3. The molecule has 0 aliphatic carbocycles. The van der Waals surface area contributed by atoms with Crippen molar-refractivity contribution in [1.82, 2.24) is 4.98 Å². The van der Waals surface area contributed by atoms with Gasteiger partial charge in [0.25, 0.3) is 0 Å². The number of para-hydroxylation sites is 1.